The van der Waals surface area contributed by atoms with Gasteiger partial charge in [-0.2, -0.15) is 0 Å². The Bertz CT molecular complexity index is 169. The Hall–Kier alpha value is -0.0400. The maximum Gasteiger partial charge on any atom is 0.0125 e. The lowest BCUT2D eigenvalue weighted by Crippen LogP contribution is -2.39. The van der Waals surface area contributed by atoms with Crippen molar-refractivity contribution in [2.45, 2.75) is 59.4 Å². The Labute approximate surface area is 89.9 Å². The minimum atomic E-state index is 0.376. The number of nitrogens with zero attached hydrogens (tertiary/aromatic N) is 1. The van der Waals surface area contributed by atoms with E-state index in [-0.39, 0.29) is 0 Å². The molecule has 0 N–H and O–H groups in total. The third kappa shape index (κ3) is 2.98. The Morgan fingerprint density at radius 1 is 1.36 bits per heavy atom. The van der Waals surface area contributed by atoms with Crippen LogP contribution in [0.25, 0.3) is 0 Å². The van der Waals surface area contributed by atoms with E-state index in [1.54, 1.807) is 0 Å². The number of hydrogen-bond donors (Lipinski definition) is 0. The van der Waals surface area contributed by atoms with Crippen LogP contribution in [-0.4, -0.2) is 23.5 Å². The average Bonchev–Trinajstić information content (AvgIpc) is 2.51. The van der Waals surface area contributed by atoms with Gasteiger partial charge >= 0.3 is 0 Å². The molecule has 1 fully saturated rings. The van der Waals surface area contributed by atoms with Gasteiger partial charge in [-0.3, -0.25) is 4.90 Å². The first-order chi connectivity index (χ1) is 6.45. The van der Waals surface area contributed by atoms with Crippen molar-refractivity contribution in [1.82, 2.24) is 4.90 Å². The van der Waals surface area contributed by atoms with Gasteiger partial charge in [0.25, 0.3) is 0 Å². The molecule has 0 aromatic rings. The molecular weight excluding hydrogens is 170 g/mol. The second kappa shape index (κ2) is 4.65. The van der Waals surface area contributed by atoms with E-state index in [4.69, 9.17) is 0 Å². The van der Waals surface area contributed by atoms with Crippen LogP contribution in [-0.2, 0) is 0 Å². The summed E-state index contributed by atoms with van der Waals surface area (Å²) in [6.45, 7) is 14.4. The van der Waals surface area contributed by atoms with Gasteiger partial charge in [0.1, 0.15) is 0 Å². The number of hydrogen-bond acceptors (Lipinski definition) is 1. The third-order valence-corrected chi connectivity index (χ3v) is 3.72. The zero-order valence-electron chi connectivity index (χ0n) is 10.6. The molecule has 1 aliphatic heterocycles. The fourth-order valence-corrected chi connectivity index (χ4v) is 2.55. The Morgan fingerprint density at radius 2 is 2.00 bits per heavy atom. The van der Waals surface area contributed by atoms with Gasteiger partial charge in [-0.05, 0) is 45.6 Å². The molecule has 2 atom stereocenters. The van der Waals surface area contributed by atoms with Crippen LogP contribution in [0.4, 0.5) is 0 Å². The Kier molecular flexibility index (Phi) is 4.00. The standard InChI is InChI=1S/C13H27N/c1-6-7-11(2)12-8-9-14(10-12)13(3,4)5/h11-12H,6-10H2,1-5H3. The number of rotatable bonds is 3. The van der Waals surface area contributed by atoms with Crippen molar-refractivity contribution in [3.05, 3.63) is 0 Å². The lowest BCUT2D eigenvalue weighted by Gasteiger charge is -2.32. The van der Waals surface area contributed by atoms with Crippen LogP contribution in [0.1, 0.15) is 53.9 Å². The highest BCUT2D eigenvalue weighted by Gasteiger charge is 2.32. The molecule has 0 amide bonds. The van der Waals surface area contributed by atoms with E-state index in [0.717, 1.165) is 11.8 Å². The molecule has 0 saturated carbocycles. The predicted octanol–water partition coefficient (Wildman–Crippen LogP) is 3.54. The van der Waals surface area contributed by atoms with E-state index in [9.17, 15) is 0 Å². The van der Waals surface area contributed by atoms with Gasteiger partial charge < -0.3 is 0 Å². The third-order valence-electron chi connectivity index (χ3n) is 3.72. The van der Waals surface area contributed by atoms with Crippen molar-refractivity contribution in [3.8, 4) is 0 Å². The minimum Gasteiger partial charge on any atom is -0.298 e. The van der Waals surface area contributed by atoms with Crippen molar-refractivity contribution in [3.63, 3.8) is 0 Å². The molecule has 0 bridgehead atoms. The maximum atomic E-state index is 2.64. The second-order valence-corrected chi connectivity index (χ2v) is 5.93. The van der Waals surface area contributed by atoms with Crippen molar-refractivity contribution >= 4 is 0 Å². The molecule has 14 heavy (non-hydrogen) atoms. The van der Waals surface area contributed by atoms with E-state index >= 15 is 0 Å². The van der Waals surface area contributed by atoms with Crippen molar-refractivity contribution in [2.75, 3.05) is 13.1 Å². The monoisotopic (exact) mass is 197 g/mol. The van der Waals surface area contributed by atoms with Crippen LogP contribution in [0.2, 0.25) is 0 Å². The predicted molar refractivity (Wildman–Crippen MR) is 63.5 cm³/mol. The van der Waals surface area contributed by atoms with Gasteiger partial charge in [-0.1, -0.05) is 26.7 Å². The topological polar surface area (TPSA) is 3.24 Å². The molecule has 0 radical (unpaired) electrons. The first-order valence-electron chi connectivity index (χ1n) is 6.20. The zero-order valence-corrected chi connectivity index (χ0v) is 10.6. The molecule has 1 heteroatoms. The first kappa shape index (κ1) is 12.0. The number of likely N-dealkylation sites (tertiary alicyclic amines) is 1. The van der Waals surface area contributed by atoms with E-state index < -0.39 is 0 Å². The summed E-state index contributed by atoms with van der Waals surface area (Å²) in [4.78, 5) is 2.64. The summed E-state index contributed by atoms with van der Waals surface area (Å²) in [5.41, 5.74) is 0.376. The summed E-state index contributed by atoms with van der Waals surface area (Å²) >= 11 is 0. The molecule has 84 valence electrons. The molecule has 1 saturated heterocycles. The first-order valence-corrected chi connectivity index (χ1v) is 6.20. The lowest BCUT2D eigenvalue weighted by molar-refractivity contribution is 0.161. The SMILES string of the molecule is CCCC(C)C1CCN(C(C)(C)C)C1. The van der Waals surface area contributed by atoms with E-state index in [2.05, 4.69) is 39.5 Å². The van der Waals surface area contributed by atoms with Gasteiger partial charge in [0.15, 0.2) is 0 Å². The molecule has 0 aliphatic carbocycles. The van der Waals surface area contributed by atoms with E-state index in [1.807, 2.05) is 0 Å². The summed E-state index contributed by atoms with van der Waals surface area (Å²) < 4.78 is 0. The second-order valence-electron chi connectivity index (χ2n) is 5.93. The summed E-state index contributed by atoms with van der Waals surface area (Å²) in [6, 6.07) is 0. The highest BCUT2D eigenvalue weighted by atomic mass is 15.2. The molecule has 0 spiro atoms. The molecule has 1 aliphatic rings. The lowest BCUT2D eigenvalue weighted by atomic mass is 9.89. The van der Waals surface area contributed by atoms with Crippen molar-refractivity contribution in [2.24, 2.45) is 11.8 Å². The van der Waals surface area contributed by atoms with Crippen LogP contribution < -0.4 is 0 Å². The van der Waals surface area contributed by atoms with Crippen molar-refractivity contribution < 1.29 is 0 Å². The van der Waals surface area contributed by atoms with Gasteiger partial charge in [-0.25, -0.2) is 0 Å². The highest BCUT2D eigenvalue weighted by Crippen LogP contribution is 2.30. The van der Waals surface area contributed by atoms with Crippen LogP contribution in [0.5, 0.6) is 0 Å². The van der Waals surface area contributed by atoms with Gasteiger partial charge in [0.05, 0.1) is 0 Å². The molecule has 0 aromatic heterocycles. The smallest absolute Gasteiger partial charge is 0.0125 e. The summed E-state index contributed by atoms with van der Waals surface area (Å²) in [5, 5.41) is 0. The van der Waals surface area contributed by atoms with Gasteiger partial charge in [0, 0.05) is 12.1 Å². The molecule has 1 heterocycles. The molecule has 1 nitrogen and oxygen atoms in total. The Morgan fingerprint density at radius 3 is 2.43 bits per heavy atom. The van der Waals surface area contributed by atoms with Crippen molar-refractivity contribution in [1.29, 1.82) is 0 Å². The van der Waals surface area contributed by atoms with E-state index in [1.165, 1.54) is 32.4 Å². The maximum absolute atomic E-state index is 2.64. The van der Waals surface area contributed by atoms with Crippen LogP contribution in [0.15, 0.2) is 0 Å². The summed E-state index contributed by atoms with van der Waals surface area (Å²) in [6.07, 6.45) is 4.16. The van der Waals surface area contributed by atoms with Crippen LogP contribution in [0, 0.1) is 11.8 Å². The van der Waals surface area contributed by atoms with Crippen LogP contribution >= 0.6 is 0 Å². The normalized spacial score (nSPS) is 26.8. The molecular formula is C13H27N. The van der Waals surface area contributed by atoms with E-state index in [0.29, 0.717) is 5.54 Å². The summed E-state index contributed by atoms with van der Waals surface area (Å²) in [5.74, 6) is 1.88. The zero-order chi connectivity index (χ0) is 10.8. The fraction of sp³-hybridized carbons (Fsp3) is 1.00. The quantitative estimate of drug-likeness (QED) is 0.669. The molecule has 1 rings (SSSR count). The van der Waals surface area contributed by atoms with Gasteiger partial charge in [0.2, 0.25) is 0 Å². The summed E-state index contributed by atoms with van der Waals surface area (Å²) in [7, 11) is 0. The largest absolute Gasteiger partial charge is 0.298 e. The molecule has 0 aromatic carbocycles. The highest BCUT2D eigenvalue weighted by molar-refractivity contribution is 4.86. The Balaban J connectivity index is 2.41. The fourth-order valence-electron chi connectivity index (χ4n) is 2.55. The van der Waals surface area contributed by atoms with Crippen LogP contribution in [0.3, 0.4) is 0 Å². The minimum absolute atomic E-state index is 0.376. The van der Waals surface area contributed by atoms with Gasteiger partial charge in [-0.15, -0.1) is 0 Å². The molecule has 2 unspecified atom stereocenters. The average molecular weight is 197 g/mol.